The maximum absolute atomic E-state index is 12.7. The number of carbonyl (C=O) groups is 1. The maximum atomic E-state index is 12.7. The zero-order valence-corrected chi connectivity index (χ0v) is 14.9. The molecule has 0 bridgehead atoms. The number of amides is 1. The van der Waals surface area contributed by atoms with Gasteiger partial charge in [0.1, 0.15) is 0 Å². The minimum Gasteiger partial charge on any atom is -0.481 e. The first-order chi connectivity index (χ1) is 11.7. The summed E-state index contributed by atoms with van der Waals surface area (Å²) in [5.41, 5.74) is 3.34. The molecule has 126 valence electrons. The molecule has 1 aliphatic rings. The molecule has 3 rings (SSSR count). The summed E-state index contributed by atoms with van der Waals surface area (Å²) in [6.07, 6.45) is 2.57. The second-order valence-electron chi connectivity index (χ2n) is 5.89. The summed E-state index contributed by atoms with van der Waals surface area (Å²) in [6.45, 7) is 3.71. The van der Waals surface area contributed by atoms with Gasteiger partial charge in [-0.25, -0.2) is 4.98 Å². The first kappa shape index (κ1) is 16.8. The van der Waals surface area contributed by atoms with Crippen molar-refractivity contribution in [2.75, 3.05) is 26.0 Å². The van der Waals surface area contributed by atoms with Crippen molar-refractivity contribution >= 4 is 17.7 Å². The summed E-state index contributed by atoms with van der Waals surface area (Å²) in [5.74, 6) is 1.53. The Morgan fingerprint density at radius 2 is 2.08 bits per heavy atom. The van der Waals surface area contributed by atoms with E-state index in [-0.39, 0.29) is 5.91 Å². The minimum atomic E-state index is 0.0520. The van der Waals surface area contributed by atoms with Crippen LogP contribution in [0.25, 0.3) is 0 Å². The second kappa shape index (κ2) is 7.71. The first-order valence-corrected chi connectivity index (χ1v) is 9.20. The molecule has 1 aliphatic heterocycles. The predicted molar refractivity (Wildman–Crippen MR) is 97.7 cm³/mol. The van der Waals surface area contributed by atoms with Crippen molar-refractivity contribution in [3.63, 3.8) is 0 Å². The van der Waals surface area contributed by atoms with Gasteiger partial charge in [-0.15, -0.1) is 0 Å². The topological polar surface area (TPSA) is 42.4 Å². The van der Waals surface area contributed by atoms with E-state index in [1.54, 1.807) is 25.4 Å². The van der Waals surface area contributed by atoms with Gasteiger partial charge in [0.05, 0.1) is 12.7 Å². The summed E-state index contributed by atoms with van der Waals surface area (Å²) in [6, 6.07) is 12.1. The Morgan fingerprint density at radius 3 is 2.79 bits per heavy atom. The molecule has 1 saturated heterocycles. The van der Waals surface area contributed by atoms with Crippen LogP contribution in [0.4, 0.5) is 0 Å². The number of hydrogen-bond acceptors (Lipinski definition) is 4. The standard InChI is InChI=1S/C19H22N2O2S/c1-14-5-3-4-6-16(14)17-9-10-21(11-12-24-17)19(22)15-7-8-18(23-2)20-13-15/h3-8,13,17H,9-12H2,1-2H3/t17-/m0/s1. The van der Waals surface area contributed by atoms with Crippen LogP contribution in [-0.2, 0) is 0 Å². The lowest BCUT2D eigenvalue weighted by atomic mass is 10.0. The van der Waals surface area contributed by atoms with Gasteiger partial charge in [0, 0.05) is 36.4 Å². The number of aromatic nitrogens is 1. The fraction of sp³-hybridized carbons (Fsp3) is 0.368. The van der Waals surface area contributed by atoms with Crippen molar-refractivity contribution in [1.29, 1.82) is 0 Å². The molecule has 1 aromatic carbocycles. The van der Waals surface area contributed by atoms with Crippen LogP contribution >= 0.6 is 11.8 Å². The fourth-order valence-corrected chi connectivity index (χ4v) is 4.31. The van der Waals surface area contributed by atoms with E-state index in [1.165, 1.54) is 11.1 Å². The van der Waals surface area contributed by atoms with Crippen LogP contribution in [-0.4, -0.2) is 41.7 Å². The van der Waals surface area contributed by atoms with Gasteiger partial charge in [-0.2, -0.15) is 11.8 Å². The van der Waals surface area contributed by atoms with Crippen molar-refractivity contribution in [1.82, 2.24) is 9.88 Å². The fourth-order valence-electron chi connectivity index (χ4n) is 2.98. The number of ether oxygens (including phenoxy) is 1. The normalized spacial score (nSPS) is 18.1. The predicted octanol–water partition coefficient (Wildman–Crippen LogP) is 3.72. The molecule has 0 radical (unpaired) electrons. The third-order valence-electron chi connectivity index (χ3n) is 4.36. The molecule has 2 aromatic rings. The van der Waals surface area contributed by atoms with Crippen LogP contribution in [0.2, 0.25) is 0 Å². The quantitative estimate of drug-likeness (QED) is 0.853. The molecule has 1 atom stereocenters. The highest BCUT2D eigenvalue weighted by Gasteiger charge is 2.23. The summed E-state index contributed by atoms with van der Waals surface area (Å²) in [4.78, 5) is 18.8. The molecule has 0 N–H and O–H groups in total. The molecule has 0 saturated carbocycles. The van der Waals surface area contributed by atoms with Gasteiger partial charge in [-0.3, -0.25) is 4.79 Å². The molecular weight excluding hydrogens is 320 g/mol. The van der Waals surface area contributed by atoms with Gasteiger partial charge in [0.25, 0.3) is 5.91 Å². The van der Waals surface area contributed by atoms with Crippen LogP contribution < -0.4 is 4.74 Å². The molecule has 4 nitrogen and oxygen atoms in total. The average molecular weight is 342 g/mol. The number of nitrogens with zero attached hydrogens (tertiary/aromatic N) is 2. The molecular formula is C19H22N2O2S. The minimum absolute atomic E-state index is 0.0520. The van der Waals surface area contributed by atoms with Gasteiger partial charge in [0.2, 0.25) is 5.88 Å². The second-order valence-corrected chi connectivity index (χ2v) is 7.20. The van der Waals surface area contributed by atoms with Gasteiger partial charge in [-0.05, 0) is 30.5 Å². The van der Waals surface area contributed by atoms with Crippen molar-refractivity contribution < 1.29 is 9.53 Å². The smallest absolute Gasteiger partial charge is 0.255 e. The summed E-state index contributed by atoms with van der Waals surface area (Å²) >= 11 is 1.94. The lowest BCUT2D eigenvalue weighted by molar-refractivity contribution is 0.0766. The SMILES string of the molecule is COc1ccc(C(=O)N2CCS[C@H](c3ccccc3C)CC2)cn1. The highest BCUT2D eigenvalue weighted by atomic mass is 32.2. The Hall–Kier alpha value is -2.01. The van der Waals surface area contributed by atoms with E-state index >= 15 is 0 Å². The Morgan fingerprint density at radius 1 is 1.25 bits per heavy atom. The lowest BCUT2D eigenvalue weighted by Gasteiger charge is -2.20. The van der Waals surface area contributed by atoms with Gasteiger partial charge in [0.15, 0.2) is 0 Å². The van der Waals surface area contributed by atoms with Crippen LogP contribution in [0.1, 0.15) is 33.2 Å². The summed E-state index contributed by atoms with van der Waals surface area (Å²) in [7, 11) is 1.57. The van der Waals surface area contributed by atoms with E-state index in [0.29, 0.717) is 16.7 Å². The summed E-state index contributed by atoms with van der Waals surface area (Å²) in [5, 5.41) is 0.456. The number of methoxy groups -OCH3 is 1. The molecule has 1 aromatic heterocycles. The zero-order chi connectivity index (χ0) is 16.9. The van der Waals surface area contributed by atoms with E-state index in [2.05, 4.69) is 36.2 Å². The maximum Gasteiger partial charge on any atom is 0.255 e. The first-order valence-electron chi connectivity index (χ1n) is 8.15. The zero-order valence-electron chi connectivity index (χ0n) is 14.1. The molecule has 5 heteroatoms. The van der Waals surface area contributed by atoms with Crippen molar-refractivity contribution in [3.05, 3.63) is 59.3 Å². The van der Waals surface area contributed by atoms with Crippen LogP contribution in [0.15, 0.2) is 42.6 Å². The number of pyridine rings is 1. The van der Waals surface area contributed by atoms with E-state index in [9.17, 15) is 4.79 Å². The van der Waals surface area contributed by atoms with Crippen LogP contribution in [0, 0.1) is 6.92 Å². The van der Waals surface area contributed by atoms with Crippen molar-refractivity contribution in [2.24, 2.45) is 0 Å². The largest absolute Gasteiger partial charge is 0.481 e. The van der Waals surface area contributed by atoms with E-state index in [0.717, 1.165) is 25.3 Å². The Bertz CT molecular complexity index is 703. The van der Waals surface area contributed by atoms with Crippen LogP contribution in [0.5, 0.6) is 5.88 Å². The van der Waals surface area contributed by atoms with Crippen molar-refractivity contribution in [2.45, 2.75) is 18.6 Å². The number of thioether (sulfide) groups is 1. The number of aryl methyl sites for hydroxylation is 1. The van der Waals surface area contributed by atoms with E-state index < -0.39 is 0 Å². The molecule has 0 aliphatic carbocycles. The molecule has 2 heterocycles. The molecule has 0 spiro atoms. The number of rotatable bonds is 3. The van der Waals surface area contributed by atoms with Crippen molar-refractivity contribution in [3.8, 4) is 5.88 Å². The molecule has 1 amide bonds. The average Bonchev–Trinajstić information content (AvgIpc) is 2.88. The Labute approximate surface area is 147 Å². The number of hydrogen-bond donors (Lipinski definition) is 0. The van der Waals surface area contributed by atoms with Gasteiger partial charge >= 0.3 is 0 Å². The van der Waals surface area contributed by atoms with E-state index in [4.69, 9.17) is 4.74 Å². The highest BCUT2D eigenvalue weighted by Crippen LogP contribution is 2.36. The van der Waals surface area contributed by atoms with Gasteiger partial charge in [-0.1, -0.05) is 24.3 Å². The van der Waals surface area contributed by atoms with Crippen LogP contribution in [0.3, 0.4) is 0 Å². The third-order valence-corrected chi connectivity index (χ3v) is 5.67. The molecule has 1 fully saturated rings. The van der Waals surface area contributed by atoms with E-state index in [1.807, 2.05) is 16.7 Å². The highest BCUT2D eigenvalue weighted by molar-refractivity contribution is 7.99. The molecule has 0 unspecified atom stereocenters. The lowest BCUT2D eigenvalue weighted by Crippen LogP contribution is -2.33. The third kappa shape index (κ3) is 3.73. The van der Waals surface area contributed by atoms with Gasteiger partial charge < -0.3 is 9.64 Å². The number of carbonyl (C=O) groups excluding carboxylic acids is 1. The monoisotopic (exact) mass is 342 g/mol. The molecule has 24 heavy (non-hydrogen) atoms. The number of benzene rings is 1. The Kier molecular flexibility index (Phi) is 5.41. The summed E-state index contributed by atoms with van der Waals surface area (Å²) < 4.78 is 5.05. The Balaban J connectivity index is 1.68.